The monoisotopic (exact) mass is 290 g/mol. The lowest BCUT2D eigenvalue weighted by atomic mass is 9.71. The Labute approximate surface area is 124 Å². The normalized spacial score (nSPS) is 18.5. The second-order valence-electron chi connectivity index (χ2n) is 6.62. The Balaban J connectivity index is 0.00000324. The van der Waals surface area contributed by atoms with Crippen molar-refractivity contribution in [2.24, 2.45) is 11.1 Å². The molecule has 0 unspecified atom stereocenters. The maximum atomic E-state index is 12.2. The Morgan fingerprint density at radius 3 is 2.32 bits per heavy atom. The highest BCUT2D eigenvalue weighted by Gasteiger charge is 2.34. The summed E-state index contributed by atoms with van der Waals surface area (Å²) in [5.41, 5.74) is 5.92. The third-order valence-corrected chi connectivity index (χ3v) is 4.24. The van der Waals surface area contributed by atoms with Gasteiger partial charge in [0, 0.05) is 12.0 Å². The summed E-state index contributed by atoms with van der Waals surface area (Å²) < 4.78 is 0. The number of rotatable bonds is 6. The quantitative estimate of drug-likeness (QED) is 0.788. The number of nitrogens with two attached hydrogens (primary N) is 1. The molecule has 0 aliphatic heterocycles. The molecule has 1 aliphatic rings. The molecule has 1 aliphatic carbocycles. The number of carbonyl (C=O) groups is 1. The molecule has 0 spiro atoms. The van der Waals surface area contributed by atoms with Crippen LogP contribution < -0.4 is 11.1 Å². The second-order valence-corrected chi connectivity index (χ2v) is 6.62. The van der Waals surface area contributed by atoms with Crippen LogP contribution in [0.2, 0.25) is 0 Å². The predicted molar refractivity (Wildman–Crippen MR) is 83.6 cm³/mol. The topological polar surface area (TPSA) is 55.1 Å². The molecule has 1 fully saturated rings. The zero-order chi connectivity index (χ0) is 13.6. The molecule has 114 valence electrons. The van der Waals surface area contributed by atoms with Crippen molar-refractivity contribution < 1.29 is 4.79 Å². The van der Waals surface area contributed by atoms with Gasteiger partial charge in [0.25, 0.3) is 0 Å². The Morgan fingerprint density at radius 1 is 1.26 bits per heavy atom. The number of hydrogen-bond acceptors (Lipinski definition) is 2. The molecule has 0 heterocycles. The zero-order valence-corrected chi connectivity index (χ0v) is 13.6. The smallest absolute Gasteiger partial charge is 0.221 e. The molecule has 0 aromatic rings. The van der Waals surface area contributed by atoms with E-state index in [1.807, 2.05) is 0 Å². The molecular formula is C15H31ClN2O. The predicted octanol–water partition coefficient (Wildman–Crippen LogP) is 3.40. The fourth-order valence-electron chi connectivity index (χ4n) is 3.20. The molecule has 1 rings (SSSR count). The van der Waals surface area contributed by atoms with Crippen LogP contribution in [0.4, 0.5) is 0 Å². The van der Waals surface area contributed by atoms with Crippen molar-refractivity contribution in [2.45, 2.75) is 77.7 Å². The first kappa shape index (κ1) is 18.7. The van der Waals surface area contributed by atoms with E-state index in [-0.39, 0.29) is 29.3 Å². The fraction of sp³-hybridized carbons (Fsp3) is 0.933. The van der Waals surface area contributed by atoms with Gasteiger partial charge in [-0.25, -0.2) is 0 Å². The van der Waals surface area contributed by atoms with Gasteiger partial charge >= 0.3 is 0 Å². The average Bonchev–Trinajstić information content (AvgIpc) is 2.29. The molecule has 0 saturated heterocycles. The van der Waals surface area contributed by atoms with E-state index in [2.05, 4.69) is 26.1 Å². The lowest BCUT2D eigenvalue weighted by Crippen LogP contribution is -2.46. The highest BCUT2D eigenvalue weighted by atomic mass is 35.5. The summed E-state index contributed by atoms with van der Waals surface area (Å²) in [4.78, 5) is 12.2. The van der Waals surface area contributed by atoms with Gasteiger partial charge in [-0.15, -0.1) is 12.4 Å². The Morgan fingerprint density at radius 2 is 1.84 bits per heavy atom. The highest BCUT2D eigenvalue weighted by molar-refractivity contribution is 5.85. The summed E-state index contributed by atoms with van der Waals surface area (Å²) in [6, 6.07) is 0. The van der Waals surface area contributed by atoms with Crippen LogP contribution >= 0.6 is 12.4 Å². The molecule has 0 aromatic carbocycles. The van der Waals surface area contributed by atoms with Crippen LogP contribution in [0.25, 0.3) is 0 Å². The third-order valence-electron chi connectivity index (χ3n) is 4.24. The standard InChI is InChI=1S/C15H30N2O.ClH/c1-4-8-14(2,3)17-13(18)11-15(12-16)9-6-5-7-10-15;/h4-12,16H2,1-3H3,(H,17,18);1H. The molecule has 1 amide bonds. The van der Waals surface area contributed by atoms with Crippen molar-refractivity contribution in [2.75, 3.05) is 6.54 Å². The molecule has 0 radical (unpaired) electrons. The third kappa shape index (κ3) is 6.13. The molecule has 3 N–H and O–H groups in total. The van der Waals surface area contributed by atoms with E-state index >= 15 is 0 Å². The molecule has 4 heteroatoms. The van der Waals surface area contributed by atoms with Gasteiger partial charge in [0.1, 0.15) is 0 Å². The van der Waals surface area contributed by atoms with Gasteiger partial charge in [0.05, 0.1) is 0 Å². The molecular weight excluding hydrogens is 260 g/mol. The maximum Gasteiger partial charge on any atom is 0.221 e. The first-order valence-electron chi connectivity index (χ1n) is 7.44. The average molecular weight is 291 g/mol. The summed E-state index contributed by atoms with van der Waals surface area (Å²) in [5.74, 6) is 0.181. The van der Waals surface area contributed by atoms with Gasteiger partial charge in [-0.2, -0.15) is 0 Å². The molecule has 19 heavy (non-hydrogen) atoms. The molecule has 3 nitrogen and oxygen atoms in total. The van der Waals surface area contributed by atoms with E-state index in [9.17, 15) is 4.79 Å². The van der Waals surface area contributed by atoms with Crippen molar-refractivity contribution in [1.82, 2.24) is 5.32 Å². The van der Waals surface area contributed by atoms with Crippen LogP contribution in [0, 0.1) is 5.41 Å². The van der Waals surface area contributed by atoms with Crippen molar-refractivity contribution in [3.05, 3.63) is 0 Å². The van der Waals surface area contributed by atoms with Crippen molar-refractivity contribution >= 4 is 18.3 Å². The van der Waals surface area contributed by atoms with E-state index in [0.717, 1.165) is 25.7 Å². The fourth-order valence-corrected chi connectivity index (χ4v) is 3.20. The first-order valence-corrected chi connectivity index (χ1v) is 7.44. The summed E-state index contributed by atoms with van der Waals surface area (Å²) in [7, 11) is 0. The highest BCUT2D eigenvalue weighted by Crippen LogP contribution is 2.38. The summed E-state index contributed by atoms with van der Waals surface area (Å²) >= 11 is 0. The number of halogens is 1. The Kier molecular flexibility index (Phi) is 7.99. The largest absolute Gasteiger partial charge is 0.351 e. The van der Waals surface area contributed by atoms with E-state index < -0.39 is 0 Å². The van der Waals surface area contributed by atoms with Crippen molar-refractivity contribution in [1.29, 1.82) is 0 Å². The first-order chi connectivity index (χ1) is 8.43. The van der Waals surface area contributed by atoms with E-state index in [1.54, 1.807) is 0 Å². The molecule has 0 bridgehead atoms. The number of amides is 1. The van der Waals surface area contributed by atoms with Crippen LogP contribution in [0.1, 0.15) is 72.1 Å². The molecule has 0 atom stereocenters. The van der Waals surface area contributed by atoms with Crippen LogP contribution in [0.15, 0.2) is 0 Å². The van der Waals surface area contributed by atoms with Gasteiger partial charge in [0.2, 0.25) is 5.91 Å². The summed E-state index contributed by atoms with van der Waals surface area (Å²) in [6.45, 7) is 7.00. The van der Waals surface area contributed by atoms with Gasteiger partial charge in [-0.05, 0) is 45.1 Å². The van der Waals surface area contributed by atoms with Gasteiger partial charge in [0.15, 0.2) is 0 Å². The van der Waals surface area contributed by atoms with Crippen LogP contribution in [0.5, 0.6) is 0 Å². The summed E-state index contributed by atoms with van der Waals surface area (Å²) in [5, 5.41) is 3.17. The zero-order valence-electron chi connectivity index (χ0n) is 12.8. The van der Waals surface area contributed by atoms with Gasteiger partial charge in [-0.3, -0.25) is 4.79 Å². The summed E-state index contributed by atoms with van der Waals surface area (Å²) in [6.07, 6.45) is 8.70. The minimum absolute atomic E-state index is 0. The number of nitrogens with one attached hydrogen (secondary N) is 1. The van der Waals surface area contributed by atoms with Crippen molar-refractivity contribution in [3.63, 3.8) is 0 Å². The second kappa shape index (κ2) is 8.11. The number of carbonyl (C=O) groups excluding carboxylic acids is 1. The molecule has 1 saturated carbocycles. The van der Waals surface area contributed by atoms with Gasteiger partial charge in [-0.1, -0.05) is 32.6 Å². The van der Waals surface area contributed by atoms with E-state index in [4.69, 9.17) is 5.73 Å². The Hall–Kier alpha value is -0.280. The van der Waals surface area contributed by atoms with Crippen LogP contribution in [-0.4, -0.2) is 18.0 Å². The SMILES string of the molecule is CCCC(C)(C)NC(=O)CC1(CN)CCCCC1.Cl. The number of hydrogen-bond donors (Lipinski definition) is 2. The lowest BCUT2D eigenvalue weighted by molar-refractivity contribution is -0.125. The van der Waals surface area contributed by atoms with Gasteiger partial charge < -0.3 is 11.1 Å². The van der Waals surface area contributed by atoms with E-state index in [1.165, 1.54) is 19.3 Å². The lowest BCUT2D eigenvalue weighted by Gasteiger charge is -2.37. The minimum atomic E-state index is -0.0870. The Bertz CT molecular complexity index is 273. The van der Waals surface area contributed by atoms with Crippen molar-refractivity contribution in [3.8, 4) is 0 Å². The van der Waals surface area contributed by atoms with E-state index in [0.29, 0.717) is 13.0 Å². The molecule has 0 aromatic heterocycles. The maximum absolute atomic E-state index is 12.2. The van der Waals surface area contributed by atoms with Crippen LogP contribution in [0.3, 0.4) is 0 Å². The van der Waals surface area contributed by atoms with Crippen LogP contribution in [-0.2, 0) is 4.79 Å². The minimum Gasteiger partial charge on any atom is -0.351 e.